The van der Waals surface area contributed by atoms with Gasteiger partial charge in [0.2, 0.25) is 0 Å². The van der Waals surface area contributed by atoms with Crippen LogP contribution in [0.3, 0.4) is 0 Å². The fourth-order valence-corrected chi connectivity index (χ4v) is 4.39. The average molecular weight is 341 g/mol. The molecule has 0 aliphatic heterocycles. The summed E-state index contributed by atoms with van der Waals surface area (Å²) in [4.78, 5) is 4.62. The molecular formula is C17H13ClN4S. The van der Waals surface area contributed by atoms with E-state index in [9.17, 15) is 0 Å². The maximum absolute atomic E-state index is 6.03. The quantitative estimate of drug-likeness (QED) is 0.544. The van der Waals surface area contributed by atoms with Gasteiger partial charge in [-0.1, -0.05) is 23.7 Å². The van der Waals surface area contributed by atoms with Gasteiger partial charge in [-0.15, -0.1) is 21.5 Å². The highest BCUT2D eigenvalue weighted by atomic mass is 35.5. The van der Waals surface area contributed by atoms with Crippen molar-refractivity contribution in [3.05, 3.63) is 57.9 Å². The highest BCUT2D eigenvalue weighted by Gasteiger charge is 2.49. The summed E-state index contributed by atoms with van der Waals surface area (Å²) in [6.07, 6.45) is 4.02. The third-order valence-corrected chi connectivity index (χ3v) is 6.05. The second-order valence-corrected chi connectivity index (χ2v) is 7.46. The molecule has 0 spiro atoms. The zero-order valence-corrected chi connectivity index (χ0v) is 14.0. The molecule has 3 aromatic heterocycles. The second-order valence-electron chi connectivity index (χ2n) is 6.15. The van der Waals surface area contributed by atoms with Crippen LogP contribution in [-0.2, 0) is 5.41 Å². The summed E-state index contributed by atoms with van der Waals surface area (Å²) in [5.74, 6) is 0.982. The Morgan fingerprint density at radius 3 is 2.70 bits per heavy atom. The fraction of sp³-hybridized carbons (Fsp3) is 0.235. The smallest absolute Gasteiger partial charge is 0.181 e. The highest BCUT2D eigenvalue weighted by Crippen LogP contribution is 2.53. The van der Waals surface area contributed by atoms with Gasteiger partial charge in [-0.05, 0) is 48.4 Å². The van der Waals surface area contributed by atoms with Crippen LogP contribution in [0.15, 0.2) is 36.0 Å². The predicted molar refractivity (Wildman–Crippen MR) is 92.4 cm³/mol. The molecule has 0 N–H and O–H groups in total. The van der Waals surface area contributed by atoms with E-state index in [0.717, 1.165) is 39.6 Å². The van der Waals surface area contributed by atoms with Gasteiger partial charge in [0.15, 0.2) is 5.65 Å². The van der Waals surface area contributed by atoms with E-state index in [-0.39, 0.29) is 5.41 Å². The van der Waals surface area contributed by atoms with Crippen molar-refractivity contribution in [1.29, 1.82) is 0 Å². The second kappa shape index (κ2) is 4.52. The number of hydrogen-bond donors (Lipinski definition) is 0. The van der Waals surface area contributed by atoms with Gasteiger partial charge in [0.1, 0.15) is 12.2 Å². The Morgan fingerprint density at radius 1 is 1.17 bits per heavy atom. The van der Waals surface area contributed by atoms with E-state index in [1.54, 1.807) is 11.3 Å². The lowest BCUT2D eigenvalue weighted by Crippen LogP contribution is -2.13. The van der Waals surface area contributed by atoms with Crippen molar-refractivity contribution in [2.24, 2.45) is 0 Å². The Balaban J connectivity index is 1.74. The summed E-state index contributed by atoms with van der Waals surface area (Å²) in [6.45, 7) is 2.08. The first-order valence-corrected chi connectivity index (χ1v) is 8.79. The molecule has 1 aliphatic carbocycles. The van der Waals surface area contributed by atoms with E-state index >= 15 is 0 Å². The zero-order chi connectivity index (χ0) is 15.6. The minimum Gasteiger partial charge on any atom is -0.267 e. The molecule has 3 heterocycles. The lowest BCUT2D eigenvalue weighted by atomic mass is 9.95. The molecule has 23 heavy (non-hydrogen) atoms. The van der Waals surface area contributed by atoms with E-state index in [2.05, 4.69) is 44.0 Å². The number of rotatable bonds is 2. The first kappa shape index (κ1) is 13.5. The number of hydrogen-bond acceptors (Lipinski definition) is 4. The van der Waals surface area contributed by atoms with Crippen LogP contribution in [0, 0.1) is 6.92 Å². The van der Waals surface area contributed by atoms with E-state index in [4.69, 9.17) is 11.6 Å². The molecule has 0 unspecified atom stereocenters. The molecule has 0 radical (unpaired) electrons. The number of halogens is 1. The van der Waals surface area contributed by atoms with E-state index in [1.165, 1.54) is 11.1 Å². The van der Waals surface area contributed by atoms with Crippen LogP contribution in [0.4, 0.5) is 0 Å². The number of thiophene rings is 1. The zero-order valence-electron chi connectivity index (χ0n) is 12.5. The maximum atomic E-state index is 6.03. The van der Waals surface area contributed by atoms with Crippen molar-refractivity contribution in [1.82, 2.24) is 19.6 Å². The summed E-state index contributed by atoms with van der Waals surface area (Å²) in [5.41, 5.74) is 4.32. The molecule has 0 amide bonds. The Labute approximate surface area is 141 Å². The molecule has 0 atom stereocenters. The molecule has 4 aromatic rings. The van der Waals surface area contributed by atoms with Crippen LogP contribution in [0.2, 0.25) is 5.02 Å². The van der Waals surface area contributed by atoms with Gasteiger partial charge in [-0.3, -0.25) is 4.40 Å². The molecule has 0 saturated heterocycles. The van der Waals surface area contributed by atoms with Crippen molar-refractivity contribution in [2.45, 2.75) is 25.2 Å². The molecule has 5 rings (SSSR count). The van der Waals surface area contributed by atoms with Crippen LogP contribution in [0.25, 0.3) is 15.9 Å². The SMILES string of the molecule is Cc1csc2c1ncn1c(C3(c4ccc(Cl)cc4)CC3)nnc21. The first-order valence-electron chi connectivity index (χ1n) is 7.53. The fourth-order valence-electron chi connectivity index (χ4n) is 3.29. The molecular weight excluding hydrogens is 328 g/mol. The lowest BCUT2D eigenvalue weighted by Gasteiger charge is -2.13. The number of nitrogens with zero attached hydrogens (tertiary/aromatic N) is 4. The molecule has 1 fully saturated rings. The van der Waals surface area contributed by atoms with Gasteiger partial charge >= 0.3 is 0 Å². The van der Waals surface area contributed by atoms with Gasteiger partial charge in [-0.2, -0.15) is 0 Å². The van der Waals surface area contributed by atoms with Crippen molar-refractivity contribution in [3.63, 3.8) is 0 Å². The lowest BCUT2D eigenvalue weighted by molar-refractivity contribution is 0.736. The molecule has 0 bridgehead atoms. The third kappa shape index (κ3) is 1.80. The normalized spacial score (nSPS) is 16.3. The predicted octanol–water partition coefficient (Wildman–Crippen LogP) is 4.38. The minimum atomic E-state index is -0.0499. The largest absolute Gasteiger partial charge is 0.267 e. The van der Waals surface area contributed by atoms with Crippen LogP contribution in [0.5, 0.6) is 0 Å². The molecule has 4 nitrogen and oxygen atoms in total. The van der Waals surface area contributed by atoms with Gasteiger partial charge in [0.05, 0.1) is 15.6 Å². The summed E-state index contributed by atoms with van der Waals surface area (Å²) < 4.78 is 3.16. The van der Waals surface area contributed by atoms with Gasteiger partial charge in [0, 0.05) is 5.02 Å². The van der Waals surface area contributed by atoms with Gasteiger partial charge in [0.25, 0.3) is 0 Å². The Hall–Kier alpha value is -1.98. The molecule has 1 saturated carbocycles. The number of aryl methyl sites for hydroxylation is 1. The Bertz CT molecular complexity index is 1040. The topological polar surface area (TPSA) is 43.1 Å². The van der Waals surface area contributed by atoms with Crippen molar-refractivity contribution in [3.8, 4) is 0 Å². The van der Waals surface area contributed by atoms with E-state index in [1.807, 2.05) is 18.5 Å². The highest BCUT2D eigenvalue weighted by molar-refractivity contribution is 7.18. The standard InChI is InChI=1S/C17H13ClN4S/c1-10-8-23-14-13(10)19-9-22-15(14)20-21-16(22)17(6-7-17)11-2-4-12(18)5-3-11/h2-5,8-9H,6-7H2,1H3. The maximum Gasteiger partial charge on any atom is 0.181 e. The summed E-state index contributed by atoms with van der Waals surface area (Å²) in [5, 5.41) is 11.9. The summed E-state index contributed by atoms with van der Waals surface area (Å²) in [6, 6.07) is 8.08. The van der Waals surface area contributed by atoms with Crippen LogP contribution >= 0.6 is 22.9 Å². The average Bonchev–Trinajstić information content (AvgIpc) is 3.09. The van der Waals surface area contributed by atoms with Crippen molar-refractivity contribution in [2.75, 3.05) is 0 Å². The number of aromatic nitrogens is 4. The number of benzene rings is 1. The first-order chi connectivity index (χ1) is 11.2. The molecule has 1 aliphatic rings. The number of fused-ring (bicyclic) bond motifs is 3. The Kier molecular flexibility index (Phi) is 2.65. The molecule has 1 aromatic carbocycles. The van der Waals surface area contributed by atoms with E-state index in [0.29, 0.717) is 0 Å². The van der Waals surface area contributed by atoms with Crippen molar-refractivity contribution >= 4 is 38.8 Å². The Morgan fingerprint density at radius 2 is 1.96 bits per heavy atom. The summed E-state index contributed by atoms with van der Waals surface area (Å²) in [7, 11) is 0. The van der Waals surface area contributed by atoms with Crippen LogP contribution in [0.1, 0.15) is 29.8 Å². The monoisotopic (exact) mass is 340 g/mol. The molecule has 114 valence electrons. The third-order valence-electron chi connectivity index (χ3n) is 4.72. The molecule has 6 heteroatoms. The van der Waals surface area contributed by atoms with Gasteiger partial charge < -0.3 is 0 Å². The van der Waals surface area contributed by atoms with Crippen LogP contribution < -0.4 is 0 Å². The van der Waals surface area contributed by atoms with Crippen molar-refractivity contribution < 1.29 is 0 Å². The summed E-state index contributed by atoms with van der Waals surface area (Å²) >= 11 is 7.71. The van der Waals surface area contributed by atoms with Gasteiger partial charge in [-0.25, -0.2) is 4.98 Å². The van der Waals surface area contributed by atoms with E-state index < -0.39 is 0 Å². The van der Waals surface area contributed by atoms with Crippen LogP contribution in [-0.4, -0.2) is 19.6 Å². The minimum absolute atomic E-state index is 0.0499.